The lowest BCUT2D eigenvalue weighted by molar-refractivity contribution is 0.0697. The molecule has 1 atom stereocenters. The van der Waals surface area contributed by atoms with Crippen LogP contribution in [0, 0.1) is 13.8 Å². The molecular formula is C12H16N4O2S. The quantitative estimate of drug-likeness (QED) is 0.898. The second-order valence-electron chi connectivity index (χ2n) is 4.41. The first kappa shape index (κ1) is 13.5. The normalized spacial score (nSPS) is 12.4. The van der Waals surface area contributed by atoms with E-state index in [1.165, 1.54) is 0 Å². The van der Waals surface area contributed by atoms with Crippen molar-refractivity contribution in [2.45, 2.75) is 26.8 Å². The van der Waals surface area contributed by atoms with Gasteiger partial charge in [-0.2, -0.15) is 5.10 Å². The first-order valence-electron chi connectivity index (χ1n) is 5.86. The molecule has 2 aromatic rings. The van der Waals surface area contributed by atoms with Crippen molar-refractivity contribution in [3.8, 4) is 0 Å². The maximum absolute atomic E-state index is 11.3. The lowest BCUT2D eigenvalue weighted by Gasteiger charge is -2.13. The Morgan fingerprint density at radius 3 is 2.74 bits per heavy atom. The van der Waals surface area contributed by atoms with E-state index in [-0.39, 0.29) is 11.6 Å². The van der Waals surface area contributed by atoms with E-state index >= 15 is 0 Å². The number of aryl methyl sites for hydroxylation is 3. The molecule has 2 heterocycles. The van der Waals surface area contributed by atoms with Gasteiger partial charge in [0.1, 0.15) is 16.4 Å². The Morgan fingerprint density at radius 1 is 1.53 bits per heavy atom. The van der Waals surface area contributed by atoms with E-state index in [4.69, 9.17) is 0 Å². The molecule has 7 heteroatoms. The summed E-state index contributed by atoms with van der Waals surface area (Å²) in [6.45, 7) is 5.63. The van der Waals surface area contributed by atoms with E-state index in [2.05, 4.69) is 15.4 Å². The Bertz CT molecular complexity index is 617. The first-order chi connectivity index (χ1) is 8.90. The van der Waals surface area contributed by atoms with Crippen molar-refractivity contribution >= 4 is 23.1 Å². The highest BCUT2D eigenvalue weighted by Crippen LogP contribution is 2.26. The number of hydrogen-bond acceptors (Lipinski definition) is 5. The van der Waals surface area contributed by atoms with Crippen molar-refractivity contribution in [3.05, 3.63) is 27.3 Å². The van der Waals surface area contributed by atoms with Crippen LogP contribution in [-0.2, 0) is 7.05 Å². The Morgan fingerprint density at radius 2 is 2.21 bits per heavy atom. The highest BCUT2D eigenvalue weighted by molar-refractivity contribution is 7.11. The predicted octanol–water partition coefficient (Wildman–Crippen LogP) is 2.36. The van der Waals surface area contributed by atoms with Gasteiger partial charge >= 0.3 is 5.97 Å². The summed E-state index contributed by atoms with van der Waals surface area (Å²) in [5, 5.41) is 17.5. The minimum Gasteiger partial charge on any atom is -0.477 e. The van der Waals surface area contributed by atoms with Crippen molar-refractivity contribution in [3.63, 3.8) is 0 Å². The van der Waals surface area contributed by atoms with Gasteiger partial charge in [-0.1, -0.05) is 0 Å². The van der Waals surface area contributed by atoms with Gasteiger partial charge in [0.15, 0.2) is 0 Å². The van der Waals surface area contributed by atoms with Gasteiger partial charge in [-0.3, -0.25) is 4.68 Å². The van der Waals surface area contributed by atoms with E-state index in [0.29, 0.717) is 11.5 Å². The van der Waals surface area contributed by atoms with Gasteiger partial charge in [-0.15, -0.1) is 11.3 Å². The maximum atomic E-state index is 11.3. The number of aromatic nitrogens is 3. The van der Waals surface area contributed by atoms with E-state index in [1.807, 2.05) is 20.0 Å². The lowest BCUT2D eigenvalue weighted by Crippen LogP contribution is -2.12. The van der Waals surface area contributed by atoms with Crippen LogP contribution in [0.2, 0.25) is 0 Å². The van der Waals surface area contributed by atoms with E-state index in [0.717, 1.165) is 9.88 Å². The molecule has 0 bridgehead atoms. The van der Waals surface area contributed by atoms with Gasteiger partial charge in [0.2, 0.25) is 0 Å². The number of nitrogens with one attached hydrogen (secondary N) is 1. The minimum atomic E-state index is -0.976. The smallest absolute Gasteiger partial charge is 0.341 e. The van der Waals surface area contributed by atoms with Crippen molar-refractivity contribution in [1.82, 2.24) is 14.8 Å². The number of thiazole rings is 1. The van der Waals surface area contributed by atoms with Crippen LogP contribution in [-0.4, -0.2) is 25.8 Å². The number of carboxylic acid groups (broad SMARTS) is 1. The van der Waals surface area contributed by atoms with Gasteiger partial charge in [0, 0.05) is 18.1 Å². The summed E-state index contributed by atoms with van der Waals surface area (Å²) in [6.07, 6.45) is 1.81. The van der Waals surface area contributed by atoms with Crippen LogP contribution in [0.1, 0.15) is 38.9 Å². The topological polar surface area (TPSA) is 80.0 Å². The summed E-state index contributed by atoms with van der Waals surface area (Å²) in [5.74, 6) is -0.471. The van der Waals surface area contributed by atoms with Crippen LogP contribution < -0.4 is 5.32 Å². The molecule has 0 aromatic carbocycles. The largest absolute Gasteiger partial charge is 0.477 e. The molecule has 0 aliphatic rings. The van der Waals surface area contributed by atoms with Gasteiger partial charge in [0.25, 0.3) is 0 Å². The van der Waals surface area contributed by atoms with Crippen LogP contribution in [0.5, 0.6) is 0 Å². The summed E-state index contributed by atoms with van der Waals surface area (Å²) >= 11 is 1.59. The molecule has 2 N–H and O–H groups in total. The second-order valence-corrected chi connectivity index (χ2v) is 5.68. The number of hydrogen-bond donors (Lipinski definition) is 2. The van der Waals surface area contributed by atoms with E-state index < -0.39 is 5.97 Å². The number of anilines is 1. The monoisotopic (exact) mass is 280 g/mol. The molecule has 0 amide bonds. The third-order valence-electron chi connectivity index (χ3n) is 2.80. The van der Waals surface area contributed by atoms with Crippen molar-refractivity contribution < 1.29 is 9.90 Å². The molecule has 2 rings (SSSR count). The number of rotatable bonds is 4. The number of carboxylic acids is 1. The standard InChI is InChI=1S/C12H16N4O2S/c1-6-5-13-11(19-6)8(3)14-10-9(12(17)18)7(2)15-16(10)4/h5,8,14H,1-4H3,(H,17,18). The SMILES string of the molecule is Cc1cnc(C(C)Nc2c(C(=O)O)c(C)nn2C)s1. The van der Waals surface area contributed by atoms with Crippen molar-refractivity contribution in [2.75, 3.05) is 5.32 Å². The highest BCUT2D eigenvalue weighted by Gasteiger charge is 2.21. The average molecular weight is 280 g/mol. The molecule has 0 aliphatic heterocycles. The number of carbonyl (C=O) groups is 1. The van der Waals surface area contributed by atoms with Gasteiger partial charge in [-0.05, 0) is 20.8 Å². The third-order valence-corrected chi connectivity index (χ3v) is 3.89. The fraction of sp³-hybridized carbons (Fsp3) is 0.417. The summed E-state index contributed by atoms with van der Waals surface area (Å²) in [5.41, 5.74) is 0.711. The van der Waals surface area contributed by atoms with Crippen LogP contribution in [0.25, 0.3) is 0 Å². The minimum absolute atomic E-state index is 0.0633. The van der Waals surface area contributed by atoms with Crippen LogP contribution >= 0.6 is 11.3 Å². The Balaban J connectivity index is 2.31. The molecular weight excluding hydrogens is 264 g/mol. The maximum Gasteiger partial charge on any atom is 0.341 e. The molecule has 0 radical (unpaired) electrons. The Hall–Kier alpha value is -1.89. The average Bonchev–Trinajstić information content (AvgIpc) is 2.84. The summed E-state index contributed by atoms with van der Waals surface area (Å²) in [4.78, 5) is 16.7. The molecule has 6 nitrogen and oxygen atoms in total. The molecule has 2 aromatic heterocycles. The lowest BCUT2D eigenvalue weighted by atomic mass is 10.2. The highest BCUT2D eigenvalue weighted by atomic mass is 32.1. The second kappa shape index (κ2) is 5.00. The van der Waals surface area contributed by atoms with Crippen LogP contribution in [0.15, 0.2) is 6.20 Å². The Kier molecular flexibility index (Phi) is 3.57. The summed E-state index contributed by atoms with van der Waals surface area (Å²) < 4.78 is 1.55. The fourth-order valence-corrected chi connectivity index (χ4v) is 2.70. The van der Waals surface area contributed by atoms with Gasteiger partial charge in [0.05, 0.1) is 11.7 Å². The van der Waals surface area contributed by atoms with Crippen LogP contribution in [0.3, 0.4) is 0 Å². The van der Waals surface area contributed by atoms with Gasteiger partial charge in [-0.25, -0.2) is 9.78 Å². The van der Waals surface area contributed by atoms with Crippen molar-refractivity contribution in [1.29, 1.82) is 0 Å². The van der Waals surface area contributed by atoms with E-state index in [1.54, 1.807) is 30.0 Å². The molecule has 0 spiro atoms. The Labute approximate surface area is 115 Å². The molecule has 19 heavy (non-hydrogen) atoms. The fourth-order valence-electron chi connectivity index (χ4n) is 1.92. The predicted molar refractivity (Wildman–Crippen MR) is 73.8 cm³/mol. The zero-order valence-corrected chi connectivity index (χ0v) is 12.1. The summed E-state index contributed by atoms with van der Waals surface area (Å²) in [7, 11) is 1.72. The first-order valence-corrected chi connectivity index (χ1v) is 6.67. The molecule has 1 unspecified atom stereocenters. The zero-order chi connectivity index (χ0) is 14.2. The molecule has 0 fully saturated rings. The van der Waals surface area contributed by atoms with Crippen LogP contribution in [0.4, 0.5) is 5.82 Å². The number of nitrogens with zero attached hydrogens (tertiary/aromatic N) is 3. The number of aromatic carboxylic acids is 1. The zero-order valence-electron chi connectivity index (χ0n) is 11.3. The molecule has 0 aliphatic carbocycles. The summed E-state index contributed by atoms with van der Waals surface area (Å²) in [6, 6.07) is -0.0633. The molecule has 0 saturated carbocycles. The molecule has 102 valence electrons. The van der Waals surface area contributed by atoms with Gasteiger partial charge < -0.3 is 10.4 Å². The van der Waals surface area contributed by atoms with E-state index in [9.17, 15) is 9.90 Å². The third kappa shape index (κ3) is 2.60. The molecule has 0 saturated heterocycles. The van der Waals surface area contributed by atoms with Crippen molar-refractivity contribution in [2.24, 2.45) is 7.05 Å².